The van der Waals surface area contributed by atoms with Crippen LogP contribution in [-0.4, -0.2) is 61.1 Å². The molecule has 1 saturated heterocycles. The highest BCUT2D eigenvalue weighted by Crippen LogP contribution is 2.40. The number of hydrogen-bond donors (Lipinski definition) is 2. The number of nitrogens with one attached hydrogen (secondary N) is 1. The van der Waals surface area contributed by atoms with E-state index in [2.05, 4.69) is 15.3 Å². The van der Waals surface area contributed by atoms with E-state index in [1.807, 2.05) is 12.1 Å². The highest BCUT2D eigenvalue weighted by Gasteiger charge is 2.46. The van der Waals surface area contributed by atoms with E-state index in [9.17, 15) is 27.6 Å². The molecule has 216 valence electrons. The summed E-state index contributed by atoms with van der Waals surface area (Å²) < 4.78 is 40.4. The molecule has 1 saturated carbocycles. The van der Waals surface area contributed by atoms with Gasteiger partial charge in [0.25, 0.3) is 11.8 Å². The first-order valence-corrected chi connectivity index (χ1v) is 13.5. The number of hydrogen-bond acceptors (Lipinski definition) is 7. The first kappa shape index (κ1) is 27.4. The second-order valence-electron chi connectivity index (χ2n) is 10.5. The number of ketones is 1. The number of rotatable bonds is 6. The van der Waals surface area contributed by atoms with Crippen molar-refractivity contribution < 1.29 is 27.6 Å². The van der Waals surface area contributed by atoms with Gasteiger partial charge in [0, 0.05) is 48.7 Å². The van der Waals surface area contributed by atoms with Crippen molar-refractivity contribution in [1.82, 2.24) is 24.3 Å². The molecule has 4 aromatic rings. The minimum atomic E-state index is -5.24. The van der Waals surface area contributed by atoms with E-state index in [1.54, 1.807) is 41.1 Å². The van der Waals surface area contributed by atoms with Gasteiger partial charge in [-0.3, -0.25) is 18.8 Å². The lowest BCUT2D eigenvalue weighted by Crippen LogP contribution is -2.47. The summed E-state index contributed by atoms with van der Waals surface area (Å²) in [6, 6.07) is 10.6. The van der Waals surface area contributed by atoms with E-state index in [0.29, 0.717) is 52.7 Å². The molecule has 3 aromatic heterocycles. The van der Waals surface area contributed by atoms with Crippen molar-refractivity contribution in [2.24, 2.45) is 0 Å². The van der Waals surface area contributed by atoms with Crippen LogP contribution in [0.3, 0.4) is 0 Å². The summed E-state index contributed by atoms with van der Waals surface area (Å²) in [7, 11) is 0. The molecule has 0 radical (unpaired) electrons. The van der Waals surface area contributed by atoms with Crippen LogP contribution >= 0.6 is 0 Å². The molecule has 1 aromatic carbocycles. The van der Waals surface area contributed by atoms with Crippen LogP contribution in [0.5, 0.6) is 0 Å². The number of pyridine rings is 1. The van der Waals surface area contributed by atoms with E-state index >= 15 is 0 Å². The number of fused-ring (bicyclic) bond motifs is 1. The number of benzene rings is 1. The Morgan fingerprint density at radius 3 is 2.45 bits per heavy atom. The molecule has 42 heavy (non-hydrogen) atoms. The van der Waals surface area contributed by atoms with Gasteiger partial charge >= 0.3 is 12.0 Å². The first-order chi connectivity index (χ1) is 20.1. The van der Waals surface area contributed by atoms with Crippen molar-refractivity contribution in [3.8, 4) is 11.3 Å². The van der Waals surface area contributed by atoms with E-state index in [0.717, 1.165) is 23.3 Å². The number of alkyl halides is 3. The summed E-state index contributed by atoms with van der Waals surface area (Å²) >= 11 is 0. The summed E-state index contributed by atoms with van der Waals surface area (Å²) in [5, 5.41) is 2.83. The molecule has 0 spiro atoms. The molecule has 2 aliphatic rings. The Balaban J connectivity index is 1.26. The maximum absolute atomic E-state index is 12.9. The van der Waals surface area contributed by atoms with Crippen LogP contribution in [0.4, 0.5) is 24.8 Å². The van der Waals surface area contributed by atoms with Gasteiger partial charge < -0.3 is 16.0 Å². The van der Waals surface area contributed by atoms with Gasteiger partial charge in [-0.1, -0.05) is 12.1 Å². The fourth-order valence-corrected chi connectivity index (χ4v) is 5.37. The summed E-state index contributed by atoms with van der Waals surface area (Å²) in [6.45, 7) is -0.0581. The third kappa shape index (κ3) is 5.29. The molecule has 0 bridgehead atoms. The smallest absolute Gasteiger partial charge is 0.382 e. The molecule has 1 atom stereocenters. The number of halogens is 3. The van der Waals surface area contributed by atoms with Crippen molar-refractivity contribution in [3.63, 3.8) is 0 Å². The average Bonchev–Trinajstić information content (AvgIpc) is 3.76. The van der Waals surface area contributed by atoms with E-state index in [-0.39, 0.29) is 24.8 Å². The molecule has 3 N–H and O–H groups in total. The van der Waals surface area contributed by atoms with Crippen molar-refractivity contribution in [2.75, 3.05) is 24.1 Å². The van der Waals surface area contributed by atoms with Crippen molar-refractivity contribution in [1.29, 1.82) is 0 Å². The summed E-state index contributed by atoms with van der Waals surface area (Å²) in [5.41, 5.74) is 9.38. The number of anilines is 2. The molecule has 1 aliphatic carbocycles. The molecule has 1 unspecified atom stereocenters. The van der Waals surface area contributed by atoms with Crippen LogP contribution in [0.1, 0.15) is 59.3 Å². The molecular formula is C29H26F3N7O3. The van der Waals surface area contributed by atoms with Crippen molar-refractivity contribution in [2.45, 2.75) is 43.7 Å². The Morgan fingerprint density at radius 2 is 1.74 bits per heavy atom. The molecule has 10 nitrogen and oxygen atoms in total. The van der Waals surface area contributed by atoms with Gasteiger partial charge in [0.1, 0.15) is 28.7 Å². The maximum Gasteiger partial charge on any atom is 0.460 e. The number of nitrogens with zero attached hydrogens (tertiary/aromatic N) is 5. The third-order valence-electron chi connectivity index (χ3n) is 7.63. The van der Waals surface area contributed by atoms with Gasteiger partial charge in [-0.25, -0.2) is 15.0 Å². The number of nitrogens with two attached hydrogens (primary N) is 1. The number of Topliss-reactive ketones (excluding diaryl/α,β-unsaturated/α-hetero) is 1. The van der Waals surface area contributed by atoms with Crippen LogP contribution in [0.15, 0.2) is 55.0 Å². The topological polar surface area (TPSA) is 136 Å². The highest BCUT2D eigenvalue weighted by molar-refractivity contribution is 6.38. The highest BCUT2D eigenvalue weighted by atomic mass is 19.4. The average molecular weight is 578 g/mol. The van der Waals surface area contributed by atoms with Crippen LogP contribution < -0.4 is 11.1 Å². The predicted molar refractivity (Wildman–Crippen MR) is 147 cm³/mol. The van der Waals surface area contributed by atoms with E-state index < -0.39 is 23.8 Å². The Morgan fingerprint density at radius 1 is 0.976 bits per heavy atom. The van der Waals surface area contributed by atoms with Gasteiger partial charge in [0.2, 0.25) is 0 Å². The summed E-state index contributed by atoms with van der Waals surface area (Å²) in [4.78, 5) is 50.9. The van der Waals surface area contributed by atoms with Crippen LogP contribution in [-0.2, 0) is 9.59 Å². The number of amides is 2. The second kappa shape index (κ2) is 10.5. The number of carbonyl (C=O) groups excluding carboxylic acids is 3. The minimum absolute atomic E-state index is 0.0426. The normalized spacial score (nSPS) is 17.3. The second-order valence-corrected chi connectivity index (χ2v) is 10.5. The molecule has 6 rings (SSSR count). The molecule has 2 amide bonds. The van der Waals surface area contributed by atoms with Crippen molar-refractivity contribution in [3.05, 3.63) is 71.9 Å². The lowest BCUT2D eigenvalue weighted by Gasteiger charge is -2.31. The van der Waals surface area contributed by atoms with Gasteiger partial charge in [0.15, 0.2) is 0 Å². The number of nitrogen functional groups attached to an aromatic ring is 1. The number of piperidine rings is 1. The summed E-state index contributed by atoms with van der Waals surface area (Å²) in [5.74, 6) is -3.05. The molecule has 4 heterocycles. The maximum atomic E-state index is 12.9. The van der Waals surface area contributed by atoms with Crippen LogP contribution in [0, 0.1) is 0 Å². The Labute approximate surface area is 237 Å². The lowest BCUT2D eigenvalue weighted by atomic mass is 9.96. The minimum Gasteiger partial charge on any atom is -0.382 e. The third-order valence-corrected chi connectivity index (χ3v) is 7.63. The lowest BCUT2D eigenvalue weighted by molar-refractivity contribution is -0.178. The van der Waals surface area contributed by atoms with E-state index in [1.165, 1.54) is 6.20 Å². The monoisotopic (exact) mass is 577 g/mol. The standard InChI is InChI=1S/C29H26F3N7O3/c30-29(31,32)24(40)28(42)38-12-1-2-20(15-38)26-37-22(23-25(33)35-11-13-39(23)26)17-5-7-18(8-6-17)27(41)36-21-14-19(9-10-34-21)16-3-4-16/h5-11,13-14,16,20H,1-4,12,15H2,(H2,33,35)(H,34,36,41). The number of likely N-dealkylation sites (tertiary alicyclic amines) is 1. The molecule has 13 heteroatoms. The van der Waals surface area contributed by atoms with E-state index in [4.69, 9.17) is 10.7 Å². The number of aromatic nitrogens is 4. The Bertz CT molecular complexity index is 1700. The van der Waals surface area contributed by atoms with Crippen LogP contribution in [0.25, 0.3) is 16.8 Å². The first-order valence-electron chi connectivity index (χ1n) is 13.5. The van der Waals surface area contributed by atoms with Crippen molar-refractivity contribution >= 4 is 34.8 Å². The fourth-order valence-electron chi connectivity index (χ4n) is 5.37. The quantitative estimate of drug-likeness (QED) is 0.326. The van der Waals surface area contributed by atoms with Gasteiger partial charge in [0.05, 0.1) is 0 Å². The largest absolute Gasteiger partial charge is 0.460 e. The molecular weight excluding hydrogens is 551 g/mol. The zero-order chi connectivity index (χ0) is 29.6. The predicted octanol–water partition coefficient (Wildman–Crippen LogP) is 4.34. The number of imidazole rings is 1. The Kier molecular flexibility index (Phi) is 6.87. The van der Waals surface area contributed by atoms with Gasteiger partial charge in [-0.2, -0.15) is 13.2 Å². The van der Waals surface area contributed by atoms with Crippen LogP contribution in [0.2, 0.25) is 0 Å². The zero-order valence-corrected chi connectivity index (χ0v) is 22.3. The van der Waals surface area contributed by atoms with Gasteiger partial charge in [-0.15, -0.1) is 0 Å². The summed E-state index contributed by atoms with van der Waals surface area (Å²) in [6.07, 6.45) is 2.78. The molecule has 1 aliphatic heterocycles. The molecule has 2 fully saturated rings. The SMILES string of the molecule is Nc1nccn2c(C3CCCN(C(=O)C(=O)C(F)(F)F)C3)nc(-c3ccc(C(=O)Nc4cc(C5CC5)ccn4)cc3)c12. The fraction of sp³-hybridized carbons (Fsp3) is 0.310. The number of carbonyl (C=O) groups is 3. The van der Waals surface area contributed by atoms with Gasteiger partial charge in [-0.05, 0) is 61.4 Å². The zero-order valence-electron chi connectivity index (χ0n) is 22.3. The Hall–Kier alpha value is -4.81.